The summed E-state index contributed by atoms with van der Waals surface area (Å²) in [5.74, 6) is -0.113. The zero-order chi connectivity index (χ0) is 18.8. The van der Waals surface area contributed by atoms with Gasteiger partial charge in [0.15, 0.2) is 0 Å². The van der Waals surface area contributed by atoms with Gasteiger partial charge >= 0.3 is 0 Å². The molecule has 2 amide bonds. The quantitative estimate of drug-likeness (QED) is 0.807. The van der Waals surface area contributed by atoms with Gasteiger partial charge in [-0.05, 0) is 78.4 Å². The summed E-state index contributed by atoms with van der Waals surface area (Å²) < 4.78 is 0. The lowest BCUT2D eigenvalue weighted by atomic mass is 9.96. The van der Waals surface area contributed by atoms with Gasteiger partial charge in [0, 0.05) is 24.2 Å². The molecule has 2 fully saturated rings. The first-order chi connectivity index (χ1) is 12.4. The Bertz CT molecular complexity index is 602. The highest BCUT2D eigenvalue weighted by Crippen LogP contribution is 2.26. The number of hydrogen-bond acceptors (Lipinski definition) is 3. The number of rotatable bonds is 2. The van der Waals surface area contributed by atoms with Crippen molar-refractivity contribution >= 4 is 11.8 Å². The number of pyridine rings is 1. The number of carbonyl (C=O) groups excluding carboxylic acids is 2. The smallest absolute Gasteiger partial charge is 0.272 e. The fraction of sp³-hybridized carbons (Fsp3) is 0.667. The normalized spacial score (nSPS) is 29.5. The second-order valence-corrected chi connectivity index (χ2v) is 8.09. The van der Waals surface area contributed by atoms with Gasteiger partial charge < -0.3 is 9.80 Å². The number of piperidine rings is 2. The molecule has 0 bridgehead atoms. The van der Waals surface area contributed by atoms with E-state index in [0.717, 1.165) is 38.5 Å². The van der Waals surface area contributed by atoms with E-state index < -0.39 is 0 Å². The predicted octanol–water partition coefficient (Wildman–Crippen LogP) is 3.89. The number of likely N-dealkylation sites (tertiary alicyclic amines) is 2. The Hall–Kier alpha value is -1.91. The molecule has 0 unspecified atom stereocenters. The van der Waals surface area contributed by atoms with Crippen LogP contribution in [0.15, 0.2) is 18.2 Å². The number of nitrogens with zero attached hydrogens (tertiary/aromatic N) is 3. The molecule has 2 aliphatic heterocycles. The van der Waals surface area contributed by atoms with Crippen molar-refractivity contribution in [3.05, 3.63) is 29.6 Å². The number of aromatic nitrogens is 1. The highest BCUT2D eigenvalue weighted by Gasteiger charge is 2.33. The zero-order valence-electron chi connectivity index (χ0n) is 16.4. The molecule has 5 nitrogen and oxygen atoms in total. The van der Waals surface area contributed by atoms with Gasteiger partial charge in [0.05, 0.1) is 0 Å². The minimum absolute atomic E-state index is 0.0564. The van der Waals surface area contributed by atoms with Crippen LogP contribution < -0.4 is 0 Å². The molecule has 0 spiro atoms. The molecule has 0 radical (unpaired) electrons. The van der Waals surface area contributed by atoms with Crippen LogP contribution in [0.25, 0.3) is 0 Å². The van der Waals surface area contributed by atoms with E-state index in [1.165, 1.54) is 0 Å². The molecule has 0 saturated carbocycles. The van der Waals surface area contributed by atoms with E-state index in [2.05, 4.69) is 32.7 Å². The molecule has 1 aromatic heterocycles. The second-order valence-electron chi connectivity index (χ2n) is 8.09. The second kappa shape index (κ2) is 7.77. The van der Waals surface area contributed by atoms with E-state index in [1.54, 1.807) is 18.2 Å². The zero-order valence-corrected chi connectivity index (χ0v) is 16.4. The van der Waals surface area contributed by atoms with Crippen molar-refractivity contribution in [3.8, 4) is 0 Å². The Kier molecular flexibility index (Phi) is 5.64. The highest BCUT2D eigenvalue weighted by molar-refractivity contribution is 5.96. The van der Waals surface area contributed by atoms with E-state index in [-0.39, 0.29) is 36.0 Å². The minimum atomic E-state index is -0.0564. The average molecular weight is 357 g/mol. The topological polar surface area (TPSA) is 53.5 Å². The fourth-order valence-electron chi connectivity index (χ4n) is 4.58. The van der Waals surface area contributed by atoms with Gasteiger partial charge in [0.2, 0.25) is 0 Å². The lowest BCUT2D eigenvalue weighted by Crippen LogP contribution is -2.48. The molecular weight excluding hydrogens is 326 g/mol. The maximum absolute atomic E-state index is 13.0. The highest BCUT2D eigenvalue weighted by atomic mass is 16.2. The van der Waals surface area contributed by atoms with Crippen LogP contribution in [0, 0.1) is 0 Å². The summed E-state index contributed by atoms with van der Waals surface area (Å²) in [7, 11) is 0. The first-order valence-electron chi connectivity index (χ1n) is 10.0. The van der Waals surface area contributed by atoms with Crippen LogP contribution in [0.3, 0.4) is 0 Å². The first kappa shape index (κ1) is 18.9. The summed E-state index contributed by atoms with van der Waals surface area (Å²) in [4.78, 5) is 34.4. The van der Waals surface area contributed by atoms with Crippen LogP contribution in [-0.4, -0.2) is 50.8 Å². The lowest BCUT2D eigenvalue weighted by Gasteiger charge is -2.39. The van der Waals surface area contributed by atoms with E-state index in [4.69, 9.17) is 0 Å². The molecule has 26 heavy (non-hydrogen) atoms. The number of carbonyl (C=O) groups is 2. The maximum atomic E-state index is 13.0. The third kappa shape index (κ3) is 3.62. The van der Waals surface area contributed by atoms with Gasteiger partial charge in [-0.25, -0.2) is 4.98 Å². The Morgan fingerprint density at radius 2 is 1.12 bits per heavy atom. The molecule has 1 aromatic rings. The molecule has 0 N–H and O–H groups in total. The van der Waals surface area contributed by atoms with Crippen LogP contribution in [0.5, 0.6) is 0 Å². The van der Waals surface area contributed by atoms with E-state index in [9.17, 15) is 9.59 Å². The number of amides is 2. The minimum Gasteiger partial charge on any atom is -0.332 e. The molecule has 2 aliphatic rings. The molecule has 4 atom stereocenters. The number of hydrogen-bond donors (Lipinski definition) is 0. The first-order valence-corrected chi connectivity index (χ1v) is 10.0. The van der Waals surface area contributed by atoms with Crippen molar-refractivity contribution < 1.29 is 9.59 Å². The average Bonchev–Trinajstić information content (AvgIpc) is 2.61. The van der Waals surface area contributed by atoms with Crippen LogP contribution in [0.1, 0.15) is 87.2 Å². The fourth-order valence-corrected chi connectivity index (χ4v) is 4.58. The molecule has 2 saturated heterocycles. The van der Waals surface area contributed by atoms with Crippen LogP contribution in [0.2, 0.25) is 0 Å². The molecule has 0 aromatic carbocycles. The molecule has 5 heteroatoms. The Labute approximate surface area is 156 Å². The van der Waals surface area contributed by atoms with Crippen molar-refractivity contribution in [1.29, 1.82) is 0 Å². The van der Waals surface area contributed by atoms with Gasteiger partial charge in [-0.3, -0.25) is 9.59 Å². The van der Waals surface area contributed by atoms with Gasteiger partial charge in [-0.2, -0.15) is 0 Å². The summed E-state index contributed by atoms with van der Waals surface area (Å²) in [6.45, 7) is 8.39. The van der Waals surface area contributed by atoms with Crippen molar-refractivity contribution in [1.82, 2.24) is 14.8 Å². The van der Waals surface area contributed by atoms with Gasteiger partial charge in [0.25, 0.3) is 11.8 Å². The molecule has 3 heterocycles. The molecular formula is C21H31N3O2. The predicted molar refractivity (Wildman–Crippen MR) is 102 cm³/mol. The van der Waals surface area contributed by atoms with Crippen molar-refractivity contribution in [2.45, 2.75) is 90.4 Å². The Morgan fingerprint density at radius 3 is 1.46 bits per heavy atom. The van der Waals surface area contributed by atoms with Gasteiger partial charge in [-0.15, -0.1) is 0 Å². The Balaban J connectivity index is 1.83. The molecule has 142 valence electrons. The van der Waals surface area contributed by atoms with Crippen LogP contribution >= 0.6 is 0 Å². The monoisotopic (exact) mass is 357 g/mol. The van der Waals surface area contributed by atoms with Crippen molar-refractivity contribution in [3.63, 3.8) is 0 Å². The third-order valence-electron chi connectivity index (χ3n) is 6.04. The molecule has 0 aliphatic carbocycles. The Morgan fingerprint density at radius 1 is 0.769 bits per heavy atom. The lowest BCUT2D eigenvalue weighted by molar-refractivity contribution is 0.0497. The van der Waals surface area contributed by atoms with Crippen molar-refractivity contribution in [2.75, 3.05) is 0 Å². The SMILES string of the molecule is C[C@@H]1CCC[C@@H](C)N1C(=O)c1cccc(C(=O)N2[C@H](C)CCC[C@H]2C)n1. The summed E-state index contributed by atoms with van der Waals surface area (Å²) >= 11 is 0. The van der Waals surface area contributed by atoms with E-state index in [1.807, 2.05) is 9.80 Å². The summed E-state index contributed by atoms with van der Waals surface area (Å²) in [5, 5.41) is 0. The largest absolute Gasteiger partial charge is 0.332 e. The molecule has 3 rings (SSSR count). The third-order valence-corrected chi connectivity index (χ3v) is 6.04. The summed E-state index contributed by atoms with van der Waals surface area (Å²) in [5.41, 5.74) is 0.766. The van der Waals surface area contributed by atoms with Crippen LogP contribution in [0.4, 0.5) is 0 Å². The van der Waals surface area contributed by atoms with Crippen LogP contribution in [-0.2, 0) is 0 Å². The maximum Gasteiger partial charge on any atom is 0.272 e. The van der Waals surface area contributed by atoms with Gasteiger partial charge in [0.1, 0.15) is 11.4 Å². The summed E-state index contributed by atoms with van der Waals surface area (Å²) in [6, 6.07) is 6.12. The van der Waals surface area contributed by atoms with Gasteiger partial charge in [-0.1, -0.05) is 6.07 Å². The van der Waals surface area contributed by atoms with Crippen molar-refractivity contribution in [2.24, 2.45) is 0 Å². The van der Waals surface area contributed by atoms with E-state index >= 15 is 0 Å². The standard InChI is InChI=1S/C21H31N3O2/c1-14-8-5-9-15(2)23(14)20(25)18-12-7-13-19(22-18)21(26)24-16(3)10-6-11-17(24)4/h7,12-17H,5-6,8-11H2,1-4H3/t14-,15-,16-,17-/m1/s1. The van der Waals surface area contributed by atoms with E-state index in [0.29, 0.717) is 11.4 Å². The summed E-state index contributed by atoms with van der Waals surface area (Å²) in [6.07, 6.45) is 6.41.